The Labute approximate surface area is 173 Å². The van der Waals surface area contributed by atoms with E-state index in [4.69, 9.17) is 5.11 Å². The quantitative estimate of drug-likeness (QED) is 0.742. The van der Waals surface area contributed by atoms with Crippen molar-refractivity contribution in [3.63, 3.8) is 0 Å². The minimum Gasteiger partial charge on any atom is -0.478 e. The van der Waals surface area contributed by atoms with Crippen LogP contribution in [0, 0.1) is 6.92 Å². The summed E-state index contributed by atoms with van der Waals surface area (Å²) in [6, 6.07) is 10.6. The molecule has 156 valence electrons. The molecule has 29 heavy (non-hydrogen) atoms. The Morgan fingerprint density at radius 3 is 2.17 bits per heavy atom. The number of benzene rings is 2. The third kappa shape index (κ3) is 4.25. The van der Waals surface area contributed by atoms with Crippen LogP contribution in [0.1, 0.15) is 73.1 Å². The highest BCUT2D eigenvalue weighted by atomic mass is 32.2. The van der Waals surface area contributed by atoms with Crippen LogP contribution in [0.2, 0.25) is 0 Å². The first-order valence-electron chi connectivity index (χ1n) is 10.0. The van der Waals surface area contributed by atoms with Gasteiger partial charge < -0.3 is 5.11 Å². The summed E-state index contributed by atoms with van der Waals surface area (Å²) < 4.78 is 26.1. The van der Waals surface area contributed by atoms with Crippen LogP contribution in [0.3, 0.4) is 0 Å². The van der Waals surface area contributed by atoms with Crippen molar-refractivity contribution in [1.82, 2.24) is 0 Å². The molecule has 2 aromatic rings. The van der Waals surface area contributed by atoms with Crippen LogP contribution in [0.15, 0.2) is 41.3 Å². The lowest BCUT2D eigenvalue weighted by Crippen LogP contribution is -2.34. The number of hydrogen-bond donors (Lipinski definition) is 1. The van der Waals surface area contributed by atoms with E-state index in [1.54, 1.807) is 31.2 Å². The normalized spacial score (nSPS) is 17.6. The number of sulfone groups is 1. The van der Waals surface area contributed by atoms with Crippen molar-refractivity contribution in [3.8, 4) is 0 Å². The highest BCUT2D eigenvalue weighted by molar-refractivity contribution is 7.91. The summed E-state index contributed by atoms with van der Waals surface area (Å²) in [7, 11) is -3.44. The molecule has 2 aromatic carbocycles. The lowest BCUT2D eigenvalue weighted by atomic mass is 9.63. The maximum atomic E-state index is 13.0. The van der Waals surface area contributed by atoms with Crippen LogP contribution in [0.25, 0.3) is 0 Å². The lowest BCUT2D eigenvalue weighted by Gasteiger charge is -2.42. The van der Waals surface area contributed by atoms with Crippen LogP contribution in [-0.4, -0.2) is 25.2 Å². The van der Waals surface area contributed by atoms with Crippen LogP contribution in [-0.2, 0) is 27.1 Å². The maximum Gasteiger partial charge on any atom is 0.335 e. The molecule has 0 saturated heterocycles. The minimum atomic E-state index is -3.44. The molecule has 1 aliphatic carbocycles. The number of aryl methyl sites for hydroxylation is 2. The van der Waals surface area contributed by atoms with Crippen molar-refractivity contribution < 1.29 is 18.3 Å². The van der Waals surface area contributed by atoms with Gasteiger partial charge in [0.2, 0.25) is 0 Å². The molecule has 0 heterocycles. The fourth-order valence-electron chi connectivity index (χ4n) is 4.25. The predicted octanol–water partition coefficient (Wildman–Crippen LogP) is 5.06. The molecule has 0 unspecified atom stereocenters. The van der Waals surface area contributed by atoms with E-state index in [2.05, 4.69) is 27.7 Å². The van der Waals surface area contributed by atoms with Crippen molar-refractivity contribution in [2.45, 2.75) is 69.6 Å². The largest absolute Gasteiger partial charge is 0.478 e. The van der Waals surface area contributed by atoms with E-state index in [0.29, 0.717) is 16.9 Å². The molecule has 5 heteroatoms. The Hall–Kier alpha value is -2.14. The van der Waals surface area contributed by atoms with Crippen molar-refractivity contribution in [2.24, 2.45) is 0 Å². The monoisotopic (exact) mass is 414 g/mol. The lowest BCUT2D eigenvalue weighted by molar-refractivity contribution is 0.0696. The first-order valence-corrected chi connectivity index (χ1v) is 11.7. The second kappa shape index (κ2) is 7.28. The highest BCUT2D eigenvalue weighted by Gasteiger charge is 2.37. The van der Waals surface area contributed by atoms with Gasteiger partial charge in [-0.2, -0.15) is 0 Å². The minimum absolute atomic E-state index is 0.00145. The molecular formula is C24H30O4S. The van der Waals surface area contributed by atoms with E-state index in [9.17, 15) is 13.2 Å². The first-order chi connectivity index (χ1) is 13.3. The zero-order valence-corrected chi connectivity index (χ0v) is 18.7. The molecule has 0 radical (unpaired) electrons. The van der Waals surface area contributed by atoms with Crippen LogP contribution < -0.4 is 0 Å². The van der Waals surface area contributed by atoms with Gasteiger partial charge in [-0.3, -0.25) is 0 Å². The van der Waals surface area contributed by atoms with Gasteiger partial charge in [-0.25, -0.2) is 13.2 Å². The molecule has 4 nitrogen and oxygen atoms in total. The Morgan fingerprint density at radius 1 is 0.966 bits per heavy atom. The fraction of sp³-hybridized carbons (Fsp3) is 0.458. The van der Waals surface area contributed by atoms with Gasteiger partial charge in [-0.05, 0) is 77.5 Å². The van der Waals surface area contributed by atoms with E-state index in [0.717, 1.165) is 24.0 Å². The van der Waals surface area contributed by atoms with Gasteiger partial charge in [0.1, 0.15) is 0 Å². The van der Waals surface area contributed by atoms with Gasteiger partial charge in [0.25, 0.3) is 0 Å². The zero-order chi connectivity index (χ0) is 21.6. The summed E-state index contributed by atoms with van der Waals surface area (Å²) in [5.41, 5.74) is 4.11. The summed E-state index contributed by atoms with van der Waals surface area (Å²) in [6.07, 6.45) is 2.48. The first kappa shape index (κ1) is 21.6. The third-order valence-electron chi connectivity index (χ3n) is 6.36. The zero-order valence-electron chi connectivity index (χ0n) is 17.9. The number of carbonyl (C=O) groups is 1. The van der Waals surface area contributed by atoms with Gasteiger partial charge in [0, 0.05) is 0 Å². The van der Waals surface area contributed by atoms with E-state index >= 15 is 0 Å². The van der Waals surface area contributed by atoms with Crippen LogP contribution in [0.5, 0.6) is 0 Å². The van der Waals surface area contributed by atoms with E-state index in [1.807, 2.05) is 12.1 Å². The molecule has 0 atom stereocenters. The number of aromatic carboxylic acids is 1. The number of carboxylic acids is 1. The highest BCUT2D eigenvalue weighted by Crippen LogP contribution is 2.46. The van der Waals surface area contributed by atoms with Gasteiger partial charge in [-0.1, -0.05) is 45.9 Å². The van der Waals surface area contributed by atoms with Gasteiger partial charge in [0.15, 0.2) is 9.84 Å². The summed E-state index contributed by atoms with van der Waals surface area (Å²) in [4.78, 5) is 11.5. The molecule has 1 aliphatic rings. The number of fused-ring (bicyclic) bond motifs is 1. The van der Waals surface area contributed by atoms with Crippen molar-refractivity contribution in [3.05, 3.63) is 64.2 Å². The maximum absolute atomic E-state index is 13.0. The molecule has 0 spiro atoms. The Kier molecular flexibility index (Phi) is 5.41. The predicted molar refractivity (Wildman–Crippen MR) is 116 cm³/mol. The third-order valence-corrected chi connectivity index (χ3v) is 8.08. The van der Waals surface area contributed by atoms with E-state index < -0.39 is 15.8 Å². The van der Waals surface area contributed by atoms with Crippen molar-refractivity contribution in [1.29, 1.82) is 0 Å². The van der Waals surface area contributed by atoms with Crippen LogP contribution in [0.4, 0.5) is 0 Å². The molecule has 0 amide bonds. The Morgan fingerprint density at radius 2 is 1.59 bits per heavy atom. The van der Waals surface area contributed by atoms with Gasteiger partial charge in [0.05, 0.1) is 16.2 Å². The average Bonchev–Trinajstić information content (AvgIpc) is 2.63. The molecule has 0 bridgehead atoms. The Bertz CT molecular complexity index is 1060. The van der Waals surface area contributed by atoms with Crippen molar-refractivity contribution >= 4 is 15.8 Å². The fourth-order valence-corrected chi connectivity index (χ4v) is 5.57. The number of rotatable bonds is 5. The number of carboxylic acid groups (broad SMARTS) is 1. The van der Waals surface area contributed by atoms with Crippen LogP contribution >= 0.6 is 0 Å². The summed E-state index contributed by atoms with van der Waals surface area (Å²) in [6.45, 7) is 10.5. The topological polar surface area (TPSA) is 71.4 Å². The molecule has 1 N–H and O–H groups in total. The van der Waals surface area contributed by atoms with E-state index in [1.165, 1.54) is 5.56 Å². The van der Waals surface area contributed by atoms with Crippen molar-refractivity contribution in [2.75, 3.05) is 5.75 Å². The van der Waals surface area contributed by atoms with Gasteiger partial charge in [-0.15, -0.1) is 0 Å². The summed E-state index contributed by atoms with van der Waals surface area (Å²) in [5, 5.41) is 9.14. The molecular weight excluding hydrogens is 384 g/mol. The Balaban J connectivity index is 1.87. The second-order valence-electron chi connectivity index (χ2n) is 9.50. The molecule has 0 fully saturated rings. The second-order valence-corrected chi connectivity index (χ2v) is 11.6. The molecule has 0 aromatic heterocycles. The van der Waals surface area contributed by atoms with Gasteiger partial charge >= 0.3 is 5.97 Å². The molecule has 0 saturated carbocycles. The summed E-state index contributed by atoms with van der Waals surface area (Å²) in [5.74, 6) is -0.970. The van der Waals surface area contributed by atoms with E-state index in [-0.39, 0.29) is 22.1 Å². The number of hydrogen-bond acceptors (Lipinski definition) is 3. The molecule has 3 rings (SSSR count). The summed E-state index contributed by atoms with van der Waals surface area (Å²) >= 11 is 0. The SMILES string of the molecule is Cc1cc(CCS(=O)(=O)c2ccc3c(c2)C(C)(C)CCC3(C)C)ccc1C(=O)O. The molecule has 0 aliphatic heterocycles. The average molecular weight is 415 g/mol. The standard InChI is InChI=1S/C24H30O4S/c1-16-14-17(6-8-19(16)22(25)26)10-13-29(27,28)18-7-9-20-21(15-18)24(4,5)12-11-23(20,2)3/h6-9,14-15H,10-13H2,1-5H3,(H,25,26). The smallest absolute Gasteiger partial charge is 0.335 e.